The van der Waals surface area contributed by atoms with Gasteiger partial charge in [-0.1, -0.05) is 0 Å². The first-order valence-electron chi connectivity index (χ1n) is 8.35. The Kier molecular flexibility index (Phi) is 4.19. The number of carbonyl (C=O) groups excluding carboxylic acids is 2. The van der Waals surface area contributed by atoms with E-state index >= 15 is 0 Å². The summed E-state index contributed by atoms with van der Waals surface area (Å²) in [6.45, 7) is 3.55. The number of aryl methyl sites for hydroxylation is 1. The second kappa shape index (κ2) is 6.00. The van der Waals surface area contributed by atoms with E-state index in [0.717, 1.165) is 31.4 Å². The maximum absolute atomic E-state index is 13.1. The van der Waals surface area contributed by atoms with Crippen molar-refractivity contribution in [2.45, 2.75) is 38.1 Å². The summed E-state index contributed by atoms with van der Waals surface area (Å²) in [5, 5.41) is 9.18. The Morgan fingerprint density at radius 2 is 2.00 bits per heavy atom. The third-order valence-corrected chi connectivity index (χ3v) is 5.42. The van der Waals surface area contributed by atoms with Gasteiger partial charge < -0.3 is 19.5 Å². The van der Waals surface area contributed by atoms with Gasteiger partial charge >= 0.3 is 0 Å². The van der Waals surface area contributed by atoms with Crippen LogP contribution < -0.4 is 0 Å². The zero-order chi connectivity index (χ0) is 16.6. The fourth-order valence-corrected chi connectivity index (χ4v) is 4.04. The van der Waals surface area contributed by atoms with Crippen molar-refractivity contribution in [1.29, 1.82) is 0 Å². The molecule has 6 heteroatoms. The lowest BCUT2D eigenvalue weighted by molar-refractivity contribution is -0.146. The molecular formula is C17H25N3O3. The van der Waals surface area contributed by atoms with E-state index < -0.39 is 5.54 Å². The zero-order valence-electron chi connectivity index (χ0n) is 13.9. The SMILES string of the molecule is Cc1c(C(=O)N2CCCC23CCCN(CCO)C3=O)ccn1C. The first kappa shape index (κ1) is 16.1. The van der Waals surface area contributed by atoms with Gasteiger partial charge in [-0.15, -0.1) is 0 Å². The van der Waals surface area contributed by atoms with Crippen molar-refractivity contribution < 1.29 is 14.7 Å². The van der Waals surface area contributed by atoms with Crippen LogP contribution in [0.4, 0.5) is 0 Å². The van der Waals surface area contributed by atoms with Crippen LogP contribution in [-0.4, -0.2) is 63.1 Å². The molecule has 0 saturated carbocycles. The number of nitrogens with zero attached hydrogens (tertiary/aromatic N) is 3. The van der Waals surface area contributed by atoms with Crippen LogP contribution >= 0.6 is 0 Å². The number of amides is 2. The molecule has 3 rings (SSSR count). The first-order valence-corrected chi connectivity index (χ1v) is 8.35. The van der Waals surface area contributed by atoms with Crippen molar-refractivity contribution in [2.75, 3.05) is 26.2 Å². The maximum atomic E-state index is 13.1. The van der Waals surface area contributed by atoms with Gasteiger partial charge in [-0.3, -0.25) is 9.59 Å². The molecule has 3 heterocycles. The highest BCUT2D eigenvalue weighted by atomic mass is 16.3. The summed E-state index contributed by atoms with van der Waals surface area (Å²) in [6, 6.07) is 1.84. The van der Waals surface area contributed by atoms with Gasteiger partial charge in [0.25, 0.3) is 5.91 Å². The summed E-state index contributed by atoms with van der Waals surface area (Å²) in [4.78, 5) is 29.6. The van der Waals surface area contributed by atoms with Crippen LogP contribution in [0.2, 0.25) is 0 Å². The molecular weight excluding hydrogens is 294 g/mol. The van der Waals surface area contributed by atoms with E-state index in [0.29, 0.717) is 25.2 Å². The summed E-state index contributed by atoms with van der Waals surface area (Å²) in [5.41, 5.74) is 0.903. The molecule has 0 aliphatic carbocycles. The van der Waals surface area contributed by atoms with Gasteiger partial charge in [-0.05, 0) is 38.7 Å². The second-order valence-corrected chi connectivity index (χ2v) is 6.64. The van der Waals surface area contributed by atoms with Crippen LogP contribution in [0.5, 0.6) is 0 Å². The number of rotatable bonds is 3. The topological polar surface area (TPSA) is 65.8 Å². The molecule has 0 bridgehead atoms. The third kappa shape index (κ3) is 2.45. The van der Waals surface area contributed by atoms with E-state index in [2.05, 4.69) is 0 Å². The van der Waals surface area contributed by atoms with Crippen molar-refractivity contribution in [3.05, 3.63) is 23.5 Å². The maximum Gasteiger partial charge on any atom is 0.256 e. The van der Waals surface area contributed by atoms with Crippen LogP contribution in [0.25, 0.3) is 0 Å². The molecule has 1 N–H and O–H groups in total. The van der Waals surface area contributed by atoms with Crippen LogP contribution in [0.15, 0.2) is 12.3 Å². The van der Waals surface area contributed by atoms with Gasteiger partial charge in [0.15, 0.2) is 0 Å². The molecule has 2 aliphatic heterocycles. The monoisotopic (exact) mass is 319 g/mol. The number of β-amino-alcohol motifs (C(OH)–C–C–N with tert-alkyl or cyclic N) is 1. The smallest absolute Gasteiger partial charge is 0.256 e. The number of hydrogen-bond donors (Lipinski definition) is 1. The van der Waals surface area contributed by atoms with Crippen LogP contribution in [0.3, 0.4) is 0 Å². The van der Waals surface area contributed by atoms with Gasteiger partial charge in [0.1, 0.15) is 5.54 Å². The van der Waals surface area contributed by atoms with Crippen LogP contribution in [0.1, 0.15) is 41.7 Å². The van der Waals surface area contributed by atoms with Gasteiger partial charge in [0.2, 0.25) is 5.91 Å². The van der Waals surface area contributed by atoms with E-state index in [1.165, 1.54) is 0 Å². The highest BCUT2D eigenvalue weighted by Crippen LogP contribution is 2.39. The molecule has 126 valence electrons. The van der Waals surface area contributed by atoms with Crippen molar-refractivity contribution in [3.8, 4) is 0 Å². The number of aliphatic hydroxyl groups is 1. The molecule has 6 nitrogen and oxygen atoms in total. The van der Waals surface area contributed by atoms with Crippen LogP contribution in [-0.2, 0) is 11.8 Å². The summed E-state index contributed by atoms with van der Waals surface area (Å²) in [7, 11) is 1.92. The molecule has 2 amide bonds. The number of piperidine rings is 1. The largest absolute Gasteiger partial charge is 0.395 e. The molecule has 23 heavy (non-hydrogen) atoms. The number of hydrogen-bond acceptors (Lipinski definition) is 3. The fraction of sp³-hybridized carbons (Fsp3) is 0.647. The van der Waals surface area contributed by atoms with E-state index in [4.69, 9.17) is 0 Å². The molecule has 2 saturated heterocycles. The molecule has 0 radical (unpaired) electrons. The summed E-state index contributed by atoms with van der Waals surface area (Å²) in [5.74, 6) is -0.0305. The molecule has 1 aromatic heterocycles. The van der Waals surface area contributed by atoms with E-state index in [9.17, 15) is 14.7 Å². The minimum absolute atomic E-state index is 0.0113. The lowest BCUT2D eigenvalue weighted by Crippen LogP contribution is -2.61. The fourth-order valence-electron chi connectivity index (χ4n) is 4.04. The number of aromatic nitrogens is 1. The lowest BCUT2D eigenvalue weighted by Gasteiger charge is -2.44. The van der Waals surface area contributed by atoms with Crippen LogP contribution in [0, 0.1) is 6.92 Å². The summed E-state index contributed by atoms with van der Waals surface area (Å²) >= 11 is 0. The highest BCUT2D eigenvalue weighted by Gasteiger charge is 2.52. The normalized spacial score (nSPS) is 24.7. The Balaban J connectivity index is 1.91. The van der Waals surface area contributed by atoms with Gasteiger partial charge in [0, 0.05) is 38.6 Å². The minimum atomic E-state index is -0.702. The molecule has 2 fully saturated rings. The third-order valence-electron chi connectivity index (χ3n) is 5.42. The average Bonchev–Trinajstić information content (AvgIpc) is 3.10. The van der Waals surface area contributed by atoms with Gasteiger partial charge in [0.05, 0.1) is 12.2 Å². The predicted octanol–water partition coefficient (Wildman–Crippen LogP) is 0.923. The molecule has 1 unspecified atom stereocenters. The molecule has 0 aromatic carbocycles. The zero-order valence-corrected chi connectivity index (χ0v) is 13.9. The van der Waals surface area contributed by atoms with Gasteiger partial charge in [-0.25, -0.2) is 0 Å². The van der Waals surface area contributed by atoms with Gasteiger partial charge in [-0.2, -0.15) is 0 Å². The van der Waals surface area contributed by atoms with E-state index in [1.807, 2.05) is 30.8 Å². The van der Waals surface area contributed by atoms with Crippen molar-refractivity contribution in [1.82, 2.24) is 14.4 Å². The molecule has 1 spiro atoms. The molecule has 1 atom stereocenters. The second-order valence-electron chi connectivity index (χ2n) is 6.64. The Labute approximate surface area is 136 Å². The highest BCUT2D eigenvalue weighted by molar-refractivity contribution is 6.00. The Morgan fingerprint density at radius 3 is 2.61 bits per heavy atom. The number of likely N-dealkylation sites (tertiary alicyclic amines) is 2. The summed E-state index contributed by atoms with van der Waals surface area (Å²) in [6.07, 6.45) is 5.07. The predicted molar refractivity (Wildman–Crippen MR) is 86.1 cm³/mol. The minimum Gasteiger partial charge on any atom is -0.395 e. The standard InChI is InChI=1S/C17H25N3O3/c1-13-14(5-10-18(13)2)15(22)20-9-4-7-17(20)6-3-8-19(11-12-21)16(17)23/h5,10,21H,3-4,6-9,11-12H2,1-2H3. The van der Waals surface area contributed by atoms with Crippen molar-refractivity contribution >= 4 is 11.8 Å². The average molecular weight is 319 g/mol. The van der Waals surface area contributed by atoms with E-state index in [1.54, 1.807) is 9.80 Å². The number of carbonyl (C=O) groups is 2. The first-order chi connectivity index (χ1) is 11.0. The molecule has 1 aromatic rings. The Bertz CT molecular complexity index is 623. The summed E-state index contributed by atoms with van der Waals surface area (Å²) < 4.78 is 1.93. The quantitative estimate of drug-likeness (QED) is 0.901. The Morgan fingerprint density at radius 1 is 1.30 bits per heavy atom. The lowest BCUT2D eigenvalue weighted by atomic mass is 9.85. The Hall–Kier alpha value is -1.82. The van der Waals surface area contributed by atoms with E-state index in [-0.39, 0.29) is 18.4 Å². The van der Waals surface area contributed by atoms with Crippen molar-refractivity contribution in [3.63, 3.8) is 0 Å². The molecule has 2 aliphatic rings. The number of aliphatic hydroxyl groups excluding tert-OH is 1. The van der Waals surface area contributed by atoms with Crippen molar-refractivity contribution in [2.24, 2.45) is 7.05 Å².